The number of hydrogen-bond donors (Lipinski definition) is 0. The third-order valence-corrected chi connectivity index (χ3v) is 7.52. The summed E-state index contributed by atoms with van der Waals surface area (Å²) in [7, 11) is 0. The van der Waals surface area contributed by atoms with E-state index >= 15 is 0 Å². The van der Waals surface area contributed by atoms with E-state index in [4.69, 9.17) is 9.97 Å². The van der Waals surface area contributed by atoms with Crippen molar-refractivity contribution in [2.24, 2.45) is 0 Å². The summed E-state index contributed by atoms with van der Waals surface area (Å²) in [5.74, 6) is 0.968. The van der Waals surface area contributed by atoms with Gasteiger partial charge in [0, 0.05) is 11.4 Å². The van der Waals surface area contributed by atoms with Gasteiger partial charge in [0.2, 0.25) is 0 Å². The average Bonchev–Trinajstić information content (AvgIpc) is 2.85. The lowest BCUT2D eigenvalue weighted by atomic mass is 10.0. The third-order valence-electron chi connectivity index (χ3n) is 7.52. The van der Waals surface area contributed by atoms with E-state index in [1.54, 1.807) is 0 Å². The summed E-state index contributed by atoms with van der Waals surface area (Å²) >= 11 is 0. The maximum Gasteiger partial charge on any atom is 0.125 e. The van der Waals surface area contributed by atoms with Gasteiger partial charge >= 0.3 is 0 Å². The molecule has 0 aromatic carbocycles. The Kier molecular flexibility index (Phi) is 22.7. The molecule has 2 heteroatoms. The minimum Gasteiger partial charge on any atom is -0.238 e. The van der Waals surface area contributed by atoms with Gasteiger partial charge in [-0.25, -0.2) is 9.97 Å². The van der Waals surface area contributed by atoms with Crippen LogP contribution in [-0.2, 0) is 12.8 Å². The van der Waals surface area contributed by atoms with Crippen molar-refractivity contribution >= 4 is 0 Å². The Morgan fingerprint density at radius 2 is 0.657 bits per heavy atom. The van der Waals surface area contributed by atoms with Crippen LogP contribution in [0.25, 0.3) is 0 Å². The monoisotopic (exact) mass is 486 g/mol. The number of nitrogens with zero attached hydrogens (tertiary/aromatic N) is 2. The molecular formula is C33H62N2. The van der Waals surface area contributed by atoms with Crippen molar-refractivity contribution in [2.45, 2.75) is 188 Å². The maximum absolute atomic E-state index is 4.72. The molecule has 0 aliphatic heterocycles. The number of aryl methyl sites for hydroxylation is 3. The van der Waals surface area contributed by atoms with Crippen molar-refractivity contribution in [3.05, 3.63) is 23.3 Å². The van der Waals surface area contributed by atoms with Crippen LogP contribution in [0, 0.1) is 6.92 Å². The molecule has 1 aromatic rings. The molecule has 0 radical (unpaired) electrons. The van der Waals surface area contributed by atoms with Gasteiger partial charge in [0.1, 0.15) is 5.82 Å². The van der Waals surface area contributed by atoms with Gasteiger partial charge in [0.05, 0.1) is 0 Å². The van der Waals surface area contributed by atoms with E-state index in [0.717, 1.165) is 18.7 Å². The Hall–Kier alpha value is -0.920. The highest BCUT2D eigenvalue weighted by atomic mass is 14.9. The molecule has 0 aliphatic rings. The van der Waals surface area contributed by atoms with Gasteiger partial charge in [-0.3, -0.25) is 0 Å². The third kappa shape index (κ3) is 20.9. The van der Waals surface area contributed by atoms with E-state index in [9.17, 15) is 0 Å². The van der Waals surface area contributed by atoms with Crippen molar-refractivity contribution in [2.75, 3.05) is 0 Å². The minimum absolute atomic E-state index is 0.968. The standard InChI is InChI=1S/C33H62N2/c1-4-6-8-10-12-14-16-18-20-22-24-26-28-32-30-33(35-31(3)34-32)29-27-25-23-21-19-17-15-13-11-9-7-5-2/h30H,4-29H2,1-3H3. The second kappa shape index (κ2) is 24.8. The van der Waals surface area contributed by atoms with Crippen LogP contribution in [0.5, 0.6) is 0 Å². The van der Waals surface area contributed by atoms with E-state index in [0.29, 0.717) is 0 Å². The van der Waals surface area contributed by atoms with Crippen LogP contribution >= 0.6 is 0 Å². The Morgan fingerprint density at radius 3 is 0.943 bits per heavy atom. The molecule has 0 aliphatic carbocycles. The predicted molar refractivity (Wildman–Crippen MR) is 156 cm³/mol. The average molecular weight is 487 g/mol. The molecule has 0 saturated carbocycles. The molecule has 0 amide bonds. The van der Waals surface area contributed by atoms with Gasteiger partial charge in [-0.1, -0.05) is 155 Å². The molecule has 204 valence electrons. The molecule has 0 saturated heterocycles. The molecule has 0 fully saturated rings. The second-order valence-corrected chi connectivity index (χ2v) is 11.2. The Morgan fingerprint density at radius 1 is 0.400 bits per heavy atom. The normalized spacial score (nSPS) is 11.4. The van der Waals surface area contributed by atoms with Gasteiger partial charge < -0.3 is 0 Å². The van der Waals surface area contributed by atoms with Gasteiger partial charge in [0.15, 0.2) is 0 Å². The lowest BCUT2D eigenvalue weighted by Gasteiger charge is -2.07. The van der Waals surface area contributed by atoms with E-state index in [1.807, 2.05) is 0 Å². The smallest absolute Gasteiger partial charge is 0.125 e. The zero-order valence-electron chi connectivity index (χ0n) is 24.4. The van der Waals surface area contributed by atoms with E-state index in [-0.39, 0.29) is 0 Å². The summed E-state index contributed by atoms with van der Waals surface area (Å²) in [5, 5.41) is 0. The fourth-order valence-corrected chi connectivity index (χ4v) is 5.25. The van der Waals surface area contributed by atoms with Crippen LogP contribution < -0.4 is 0 Å². The van der Waals surface area contributed by atoms with Crippen LogP contribution in [0.15, 0.2) is 6.07 Å². The number of unbranched alkanes of at least 4 members (excludes halogenated alkanes) is 22. The van der Waals surface area contributed by atoms with E-state index in [2.05, 4.69) is 26.8 Å². The molecule has 35 heavy (non-hydrogen) atoms. The van der Waals surface area contributed by atoms with Crippen LogP contribution in [0.3, 0.4) is 0 Å². The predicted octanol–water partition coefficient (Wildman–Crippen LogP) is 11.3. The topological polar surface area (TPSA) is 25.8 Å². The molecular weight excluding hydrogens is 424 g/mol. The molecule has 1 heterocycles. The summed E-state index contributed by atoms with van der Waals surface area (Å²) in [6.45, 7) is 6.66. The summed E-state index contributed by atoms with van der Waals surface area (Å²) in [6.07, 6.45) is 36.1. The van der Waals surface area contributed by atoms with Crippen LogP contribution in [0.1, 0.15) is 185 Å². The lowest BCUT2D eigenvalue weighted by molar-refractivity contribution is 0.542. The van der Waals surface area contributed by atoms with Gasteiger partial charge in [0.25, 0.3) is 0 Å². The first-order valence-corrected chi connectivity index (χ1v) is 16.1. The van der Waals surface area contributed by atoms with Crippen molar-refractivity contribution in [1.29, 1.82) is 0 Å². The molecule has 0 unspecified atom stereocenters. The van der Waals surface area contributed by atoms with Crippen LogP contribution in [0.2, 0.25) is 0 Å². The summed E-state index contributed by atoms with van der Waals surface area (Å²) in [6, 6.07) is 2.30. The number of hydrogen-bond acceptors (Lipinski definition) is 2. The minimum atomic E-state index is 0.968. The lowest BCUT2D eigenvalue weighted by Crippen LogP contribution is -2.01. The summed E-state index contributed by atoms with van der Waals surface area (Å²) in [5.41, 5.74) is 2.55. The fourth-order valence-electron chi connectivity index (χ4n) is 5.25. The summed E-state index contributed by atoms with van der Waals surface area (Å²) in [4.78, 5) is 9.44. The largest absolute Gasteiger partial charge is 0.238 e. The first-order chi connectivity index (χ1) is 17.3. The SMILES string of the molecule is CCCCCCCCCCCCCCc1cc(CCCCCCCCCCCCCC)nc(C)n1. The molecule has 0 bridgehead atoms. The Bertz CT molecular complexity index is 522. The van der Waals surface area contributed by atoms with Gasteiger partial charge in [-0.15, -0.1) is 0 Å². The summed E-state index contributed by atoms with van der Waals surface area (Å²) < 4.78 is 0. The first-order valence-electron chi connectivity index (χ1n) is 16.1. The fraction of sp³-hybridized carbons (Fsp3) is 0.879. The quantitative estimate of drug-likeness (QED) is 0.122. The molecule has 1 aromatic heterocycles. The van der Waals surface area contributed by atoms with Crippen molar-refractivity contribution < 1.29 is 0 Å². The zero-order chi connectivity index (χ0) is 25.2. The molecule has 0 spiro atoms. The van der Waals surface area contributed by atoms with Crippen LogP contribution in [0.4, 0.5) is 0 Å². The zero-order valence-corrected chi connectivity index (χ0v) is 24.4. The second-order valence-electron chi connectivity index (χ2n) is 11.2. The first kappa shape index (κ1) is 32.1. The van der Waals surface area contributed by atoms with Gasteiger partial charge in [-0.2, -0.15) is 0 Å². The van der Waals surface area contributed by atoms with Crippen molar-refractivity contribution in [3.63, 3.8) is 0 Å². The van der Waals surface area contributed by atoms with E-state index in [1.165, 1.54) is 165 Å². The molecule has 1 rings (SSSR count). The highest BCUT2D eigenvalue weighted by Gasteiger charge is 2.03. The highest BCUT2D eigenvalue weighted by Crippen LogP contribution is 2.15. The molecule has 0 N–H and O–H groups in total. The number of rotatable bonds is 26. The Balaban J connectivity index is 1.99. The molecule has 2 nitrogen and oxygen atoms in total. The van der Waals surface area contributed by atoms with E-state index < -0.39 is 0 Å². The number of aromatic nitrogens is 2. The molecule has 0 atom stereocenters. The maximum atomic E-state index is 4.72. The van der Waals surface area contributed by atoms with Crippen molar-refractivity contribution in [1.82, 2.24) is 9.97 Å². The van der Waals surface area contributed by atoms with Gasteiger partial charge in [-0.05, 0) is 38.7 Å². The Labute approximate surface area is 220 Å². The highest BCUT2D eigenvalue weighted by molar-refractivity contribution is 5.11. The van der Waals surface area contributed by atoms with Crippen LogP contribution in [-0.4, -0.2) is 9.97 Å². The van der Waals surface area contributed by atoms with Crippen molar-refractivity contribution in [3.8, 4) is 0 Å².